The molecule has 1 heterocycles. The zero-order valence-corrected chi connectivity index (χ0v) is 12.3. The first-order chi connectivity index (χ1) is 9.27. The summed E-state index contributed by atoms with van der Waals surface area (Å²) in [5.74, 6) is -1.35. The van der Waals surface area contributed by atoms with Crippen LogP contribution < -0.4 is 4.74 Å². The van der Waals surface area contributed by atoms with Crippen molar-refractivity contribution in [1.82, 2.24) is 10.2 Å². The highest BCUT2D eigenvalue weighted by atomic mass is 127. The zero-order chi connectivity index (χ0) is 14.9. The summed E-state index contributed by atoms with van der Waals surface area (Å²) in [7, 11) is 0. The number of carbonyl (C=O) groups is 1. The molecule has 1 aromatic heterocycles. The van der Waals surface area contributed by atoms with E-state index in [-0.39, 0.29) is 27.8 Å². The van der Waals surface area contributed by atoms with E-state index in [2.05, 4.69) is 10.2 Å². The Kier molecular flexibility index (Phi) is 4.13. The highest BCUT2D eigenvalue weighted by molar-refractivity contribution is 14.1. The van der Waals surface area contributed by atoms with Gasteiger partial charge in [-0.15, -0.1) is 5.10 Å². The van der Waals surface area contributed by atoms with Crippen molar-refractivity contribution in [1.29, 1.82) is 0 Å². The van der Waals surface area contributed by atoms with Crippen LogP contribution in [-0.2, 0) is 6.18 Å². The molecule has 0 spiro atoms. The number of rotatable bonds is 3. The first-order valence-corrected chi connectivity index (χ1v) is 6.78. The lowest BCUT2D eigenvalue weighted by Gasteiger charge is -2.05. The van der Waals surface area contributed by atoms with Crippen LogP contribution in [0.15, 0.2) is 18.2 Å². The maximum atomic E-state index is 12.4. The Balaban J connectivity index is 2.31. The average Bonchev–Trinajstić information content (AvgIpc) is 2.79. The number of hydrogen-bond donors (Lipinski definition) is 1. The highest BCUT2D eigenvalue weighted by Crippen LogP contribution is 2.36. The summed E-state index contributed by atoms with van der Waals surface area (Å²) in [5.41, 5.74) is -0.166. The van der Waals surface area contributed by atoms with Crippen LogP contribution >= 0.6 is 33.9 Å². The van der Waals surface area contributed by atoms with Crippen LogP contribution in [0.4, 0.5) is 13.2 Å². The molecule has 20 heavy (non-hydrogen) atoms. The van der Waals surface area contributed by atoms with E-state index < -0.39 is 17.2 Å². The van der Waals surface area contributed by atoms with E-state index in [1.807, 2.05) is 22.6 Å². The summed E-state index contributed by atoms with van der Waals surface area (Å²) in [6.45, 7) is 0. The molecule has 0 fully saturated rings. The van der Waals surface area contributed by atoms with Gasteiger partial charge in [0.1, 0.15) is 11.3 Å². The Morgan fingerprint density at radius 1 is 1.35 bits per heavy atom. The third-order valence-electron chi connectivity index (χ3n) is 2.02. The van der Waals surface area contributed by atoms with Gasteiger partial charge in [0.25, 0.3) is 5.19 Å². The van der Waals surface area contributed by atoms with Crippen molar-refractivity contribution in [3.8, 4) is 10.9 Å². The van der Waals surface area contributed by atoms with Crippen LogP contribution in [-0.4, -0.2) is 21.3 Å². The maximum absolute atomic E-state index is 12.4. The lowest BCUT2D eigenvalue weighted by Crippen LogP contribution is -2.03. The van der Waals surface area contributed by atoms with E-state index in [1.165, 1.54) is 12.1 Å². The van der Waals surface area contributed by atoms with Crippen LogP contribution in [0.1, 0.15) is 15.4 Å². The van der Waals surface area contributed by atoms with E-state index in [1.54, 1.807) is 6.07 Å². The lowest BCUT2D eigenvalue weighted by atomic mass is 10.2. The van der Waals surface area contributed by atoms with E-state index in [4.69, 9.17) is 9.84 Å². The van der Waals surface area contributed by atoms with Gasteiger partial charge < -0.3 is 9.84 Å². The number of alkyl halides is 3. The standard InChI is InChI=1S/C10H4F3IN2O3S/c11-10(12,13)8-15-16-9(20-8)19-6-2-1-4(14)3-5(6)7(17)18/h1-3H,(H,17,18). The van der Waals surface area contributed by atoms with Crippen LogP contribution in [0.25, 0.3) is 0 Å². The fraction of sp³-hybridized carbons (Fsp3) is 0.100. The molecule has 0 bridgehead atoms. The summed E-state index contributed by atoms with van der Waals surface area (Å²) in [6, 6.07) is 4.25. The minimum atomic E-state index is -4.61. The fourth-order valence-corrected chi connectivity index (χ4v) is 2.29. The Hall–Kier alpha value is -1.43. The molecular weight excluding hydrogens is 412 g/mol. The molecule has 0 amide bonds. The Morgan fingerprint density at radius 2 is 2.05 bits per heavy atom. The second-order valence-electron chi connectivity index (χ2n) is 3.42. The van der Waals surface area contributed by atoms with Gasteiger partial charge in [0.05, 0.1) is 0 Å². The molecule has 0 saturated carbocycles. The first kappa shape index (κ1) is 15.0. The van der Waals surface area contributed by atoms with E-state index >= 15 is 0 Å². The molecule has 0 aliphatic carbocycles. The normalized spacial score (nSPS) is 11.4. The van der Waals surface area contributed by atoms with Crippen molar-refractivity contribution in [2.24, 2.45) is 0 Å². The van der Waals surface area contributed by atoms with Crippen LogP contribution in [0, 0.1) is 3.57 Å². The topological polar surface area (TPSA) is 72.3 Å². The number of aromatic carboxylic acids is 1. The van der Waals surface area contributed by atoms with Crippen molar-refractivity contribution in [2.75, 3.05) is 0 Å². The van der Waals surface area contributed by atoms with E-state index in [9.17, 15) is 18.0 Å². The van der Waals surface area contributed by atoms with Gasteiger partial charge in [-0.3, -0.25) is 0 Å². The van der Waals surface area contributed by atoms with Gasteiger partial charge in [-0.25, -0.2) is 4.79 Å². The molecule has 2 rings (SSSR count). The van der Waals surface area contributed by atoms with Crippen LogP contribution in [0.5, 0.6) is 10.9 Å². The summed E-state index contributed by atoms with van der Waals surface area (Å²) >= 11 is 2.10. The molecule has 0 atom stereocenters. The molecule has 0 unspecified atom stereocenters. The Bertz CT molecular complexity index is 659. The van der Waals surface area contributed by atoms with Gasteiger partial charge in [-0.1, -0.05) is 16.4 Å². The number of benzene rings is 1. The Morgan fingerprint density at radius 3 is 2.60 bits per heavy atom. The predicted molar refractivity (Wildman–Crippen MR) is 71.1 cm³/mol. The number of aromatic nitrogens is 2. The van der Waals surface area contributed by atoms with Crippen molar-refractivity contribution in [3.63, 3.8) is 0 Å². The SMILES string of the molecule is O=C(O)c1cc(I)ccc1Oc1nnc(C(F)(F)F)s1. The second kappa shape index (κ2) is 5.52. The first-order valence-electron chi connectivity index (χ1n) is 4.89. The van der Waals surface area contributed by atoms with E-state index in [0.29, 0.717) is 3.57 Å². The van der Waals surface area contributed by atoms with Gasteiger partial charge in [0.2, 0.25) is 5.01 Å². The summed E-state index contributed by atoms with van der Waals surface area (Å²) in [6.07, 6.45) is -4.61. The number of carboxylic acids is 1. The zero-order valence-electron chi connectivity index (χ0n) is 9.31. The monoisotopic (exact) mass is 416 g/mol. The number of halogens is 4. The summed E-state index contributed by atoms with van der Waals surface area (Å²) in [4.78, 5) is 11.0. The molecule has 0 aliphatic rings. The molecule has 0 saturated heterocycles. The van der Waals surface area contributed by atoms with Gasteiger partial charge in [0.15, 0.2) is 0 Å². The molecule has 0 radical (unpaired) electrons. The molecule has 10 heteroatoms. The molecule has 1 N–H and O–H groups in total. The second-order valence-corrected chi connectivity index (χ2v) is 5.60. The van der Waals surface area contributed by atoms with Gasteiger partial charge in [0, 0.05) is 3.57 Å². The maximum Gasteiger partial charge on any atom is 0.445 e. The third kappa shape index (κ3) is 3.36. The molecule has 5 nitrogen and oxygen atoms in total. The van der Waals surface area contributed by atoms with E-state index in [0.717, 1.165) is 0 Å². The third-order valence-corrected chi connectivity index (χ3v) is 3.54. The molecular formula is C10H4F3IN2O3S. The van der Waals surface area contributed by atoms with Gasteiger partial charge in [-0.05, 0) is 40.8 Å². The predicted octanol–water partition coefficient (Wildman–Crippen LogP) is 3.65. The molecule has 2 aromatic rings. The average molecular weight is 416 g/mol. The minimum Gasteiger partial charge on any atom is -0.478 e. The Labute approximate surface area is 127 Å². The van der Waals surface area contributed by atoms with Crippen LogP contribution in [0.2, 0.25) is 0 Å². The van der Waals surface area contributed by atoms with Crippen molar-refractivity contribution >= 4 is 39.9 Å². The van der Waals surface area contributed by atoms with Crippen molar-refractivity contribution < 1.29 is 27.8 Å². The van der Waals surface area contributed by atoms with Gasteiger partial charge >= 0.3 is 12.1 Å². The lowest BCUT2D eigenvalue weighted by molar-refractivity contribution is -0.138. The fourth-order valence-electron chi connectivity index (χ4n) is 1.22. The van der Waals surface area contributed by atoms with Crippen molar-refractivity contribution in [3.05, 3.63) is 32.3 Å². The summed E-state index contributed by atoms with van der Waals surface area (Å²) in [5, 5.41) is 13.7. The largest absolute Gasteiger partial charge is 0.478 e. The minimum absolute atomic E-state index is 0.0946. The summed E-state index contributed by atoms with van der Waals surface area (Å²) < 4.78 is 42.8. The van der Waals surface area contributed by atoms with Gasteiger partial charge in [-0.2, -0.15) is 13.2 Å². The molecule has 0 aliphatic heterocycles. The number of ether oxygens (including phenoxy) is 1. The number of hydrogen-bond acceptors (Lipinski definition) is 5. The van der Waals surface area contributed by atoms with Crippen molar-refractivity contribution in [2.45, 2.75) is 6.18 Å². The molecule has 1 aromatic carbocycles. The van der Waals surface area contributed by atoms with Crippen LogP contribution in [0.3, 0.4) is 0 Å². The molecule has 106 valence electrons. The number of carboxylic acid groups (broad SMARTS) is 1. The highest BCUT2D eigenvalue weighted by Gasteiger charge is 2.36. The number of nitrogens with zero attached hydrogens (tertiary/aromatic N) is 2. The smallest absolute Gasteiger partial charge is 0.445 e. The quantitative estimate of drug-likeness (QED) is 0.774.